The van der Waals surface area contributed by atoms with E-state index in [2.05, 4.69) is 33.0 Å². The van der Waals surface area contributed by atoms with Crippen LogP contribution in [0.4, 0.5) is 0 Å². The third kappa shape index (κ3) is 1.52. The van der Waals surface area contributed by atoms with Gasteiger partial charge in [0, 0.05) is 12.1 Å². The number of nitrogens with one attached hydrogen (secondary N) is 1. The Balaban J connectivity index is 2.98. The van der Waals surface area contributed by atoms with E-state index in [-0.39, 0.29) is 5.91 Å². The van der Waals surface area contributed by atoms with Crippen molar-refractivity contribution in [3.63, 3.8) is 0 Å². The maximum Gasteiger partial charge on any atom is 0.247 e. The molecular weight excluding hydrogens is 150 g/mol. The summed E-state index contributed by atoms with van der Waals surface area (Å²) in [5.41, 5.74) is 2.29. The Labute approximate surface area is 74.0 Å². The zero-order chi connectivity index (χ0) is 9.30. The molecule has 0 aromatic heterocycles. The second-order valence-corrected chi connectivity index (χ2v) is 3.93. The van der Waals surface area contributed by atoms with Crippen molar-refractivity contribution in [1.82, 2.24) is 5.32 Å². The van der Waals surface area contributed by atoms with Gasteiger partial charge in [-0.15, -0.1) is 0 Å². The molecule has 0 atom stereocenters. The van der Waals surface area contributed by atoms with Crippen molar-refractivity contribution in [2.45, 2.75) is 27.7 Å². The largest absolute Gasteiger partial charge is 0.349 e. The molecular formula is C10H17NO. The van der Waals surface area contributed by atoms with Gasteiger partial charge in [-0.3, -0.25) is 4.79 Å². The number of hydrogen-bond acceptors (Lipinski definition) is 1. The lowest BCUT2D eigenvalue weighted by molar-refractivity contribution is -0.117. The second kappa shape index (κ2) is 3.30. The van der Waals surface area contributed by atoms with Gasteiger partial charge in [-0.1, -0.05) is 27.7 Å². The first kappa shape index (κ1) is 9.30. The van der Waals surface area contributed by atoms with Crippen LogP contribution in [0.25, 0.3) is 0 Å². The quantitative estimate of drug-likeness (QED) is 0.666. The average molecular weight is 167 g/mol. The van der Waals surface area contributed by atoms with Crippen LogP contribution < -0.4 is 5.32 Å². The van der Waals surface area contributed by atoms with Crippen molar-refractivity contribution in [2.75, 3.05) is 6.54 Å². The maximum atomic E-state index is 11.4. The number of hydrogen-bond donors (Lipinski definition) is 1. The SMILES string of the molecule is CC(C)C1=C(C(C)C)C(=O)NC1. The smallest absolute Gasteiger partial charge is 0.247 e. The van der Waals surface area contributed by atoms with Crippen molar-refractivity contribution < 1.29 is 4.79 Å². The Morgan fingerprint density at radius 1 is 1.17 bits per heavy atom. The van der Waals surface area contributed by atoms with Crippen LogP contribution in [0.2, 0.25) is 0 Å². The third-order valence-electron chi connectivity index (χ3n) is 2.30. The van der Waals surface area contributed by atoms with Crippen LogP contribution in [0.15, 0.2) is 11.1 Å². The van der Waals surface area contributed by atoms with Crippen LogP contribution in [0.1, 0.15) is 27.7 Å². The van der Waals surface area contributed by atoms with Gasteiger partial charge in [0.25, 0.3) is 0 Å². The minimum Gasteiger partial charge on any atom is -0.349 e. The Bertz CT molecular complexity index is 226. The minimum atomic E-state index is 0.133. The van der Waals surface area contributed by atoms with E-state index in [0.29, 0.717) is 11.8 Å². The van der Waals surface area contributed by atoms with E-state index in [4.69, 9.17) is 0 Å². The van der Waals surface area contributed by atoms with Crippen molar-refractivity contribution in [3.05, 3.63) is 11.1 Å². The van der Waals surface area contributed by atoms with Crippen LogP contribution in [-0.2, 0) is 4.79 Å². The predicted molar refractivity (Wildman–Crippen MR) is 49.7 cm³/mol. The molecule has 0 saturated carbocycles. The Kier molecular flexibility index (Phi) is 2.55. The zero-order valence-corrected chi connectivity index (χ0v) is 8.27. The molecule has 0 fully saturated rings. The summed E-state index contributed by atoms with van der Waals surface area (Å²) in [6, 6.07) is 0. The monoisotopic (exact) mass is 167 g/mol. The summed E-state index contributed by atoms with van der Waals surface area (Å²) in [5, 5.41) is 2.87. The highest BCUT2D eigenvalue weighted by atomic mass is 16.1. The molecule has 1 heterocycles. The molecule has 1 N–H and O–H groups in total. The molecule has 68 valence electrons. The molecule has 0 unspecified atom stereocenters. The summed E-state index contributed by atoms with van der Waals surface area (Å²) in [7, 11) is 0. The molecule has 2 heteroatoms. The van der Waals surface area contributed by atoms with E-state index in [9.17, 15) is 4.79 Å². The lowest BCUT2D eigenvalue weighted by atomic mass is 9.93. The molecule has 0 aromatic carbocycles. The first-order valence-electron chi connectivity index (χ1n) is 4.55. The van der Waals surface area contributed by atoms with Crippen molar-refractivity contribution in [1.29, 1.82) is 0 Å². The number of amides is 1. The number of carbonyl (C=O) groups is 1. The molecule has 1 aliphatic heterocycles. The fraction of sp³-hybridized carbons (Fsp3) is 0.700. The lowest BCUT2D eigenvalue weighted by Gasteiger charge is -2.10. The van der Waals surface area contributed by atoms with Gasteiger partial charge in [0.15, 0.2) is 0 Å². The van der Waals surface area contributed by atoms with Gasteiger partial charge in [0.1, 0.15) is 0 Å². The molecule has 0 spiro atoms. The van der Waals surface area contributed by atoms with Crippen LogP contribution in [0, 0.1) is 11.8 Å². The highest BCUT2D eigenvalue weighted by Gasteiger charge is 2.25. The molecule has 0 radical (unpaired) electrons. The first-order chi connectivity index (χ1) is 5.54. The van der Waals surface area contributed by atoms with Gasteiger partial charge < -0.3 is 5.32 Å². The molecule has 1 rings (SSSR count). The summed E-state index contributed by atoms with van der Waals surface area (Å²) >= 11 is 0. The second-order valence-electron chi connectivity index (χ2n) is 3.93. The fourth-order valence-corrected chi connectivity index (χ4v) is 1.66. The Morgan fingerprint density at radius 2 is 1.75 bits per heavy atom. The van der Waals surface area contributed by atoms with Crippen LogP contribution in [0.3, 0.4) is 0 Å². The molecule has 0 saturated heterocycles. The minimum absolute atomic E-state index is 0.133. The van der Waals surface area contributed by atoms with E-state index in [1.807, 2.05) is 0 Å². The van der Waals surface area contributed by atoms with Crippen LogP contribution in [0.5, 0.6) is 0 Å². The molecule has 1 amide bonds. The first-order valence-corrected chi connectivity index (χ1v) is 4.55. The highest BCUT2D eigenvalue weighted by Crippen LogP contribution is 2.24. The summed E-state index contributed by atoms with van der Waals surface area (Å²) in [6.45, 7) is 9.17. The normalized spacial score (nSPS) is 18.0. The van der Waals surface area contributed by atoms with Crippen molar-refractivity contribution in [2.24, 2.45) is 11.8 Å². The van der Waals surface area contributed by atoms with Crippen molar-refractivity contribution in [3.8, 4) is 0 Å². The molecule has 0 aliphatic carbocycles. The zero-order valence-electron chi connectivity index (χ0n) is 8.27. The fourth-order valence-electron chi connectivity index (χ4n) is 1.66. The van der Waals surface area contributed by atoms with E-state index in [0.717, 1.165) is 12.1 Å². The highest BCUT2D eigenvalue weighted by molar-refractivity contribution is 5.97. The number of carbonyl (C=O) groups excluding carboxylic acids is 1. The van der Waals surface area contributed by atoms with Crippen LogP contribution in [-0.4, -0.2) is 12.5 Å². The Morgan fingerprint density at radius 3 is 2.08 bits per heavy atom. The van der Waals surface area contributed by atoms with Gasteiger partial charge in [-0.2, -0.15) is 0 Å². The summed E-state index contributed by atoms with van der Waals surface area (Å²) < 4.78 is 0. The molecule has 2 nitrogen and oxygen atoms in total. The molecule has 0 aromatic rings. The van der Waals surface area contributed by atoms with E-state index < -0.39 is 0 Å². The van der Waals surface area contributed by atoms with E-state index in [1.54, 1.807) is 0 Å². The van der Waals surface area contributed by atoms with E-state index in [1.165, 1.54) is 5.57 Å². The van der Waals surface area contributed by atoms with Gasteiger partial charge in [-0.05, 0) is 17.4 Å². The topological polar surface area (TPSA) is 29.1 Å². The summed E-state index contributed by atoms with van der Waals surface area (Å²) in [5.74, 6) is 0.972. The van der Waals surface area contributed by atoms with Crippen molar-refractivity contribution >= 4 is 5.91 Å². The average Bonchev–Trinajstić information content (AvgIpc) is 2.30. The number of rotatable bonds is 2. The van der Waals surface area contributed by atoms with E-state index >= 15 is 0 Å². The van der Waals surface area contributed by atoms with Gasteiger partial charge >= 0.3 is 0 Å². The summed E-state index contributed by atoms with van der Waals surface area (Å²) in [4.78, 5) is 11.4. The third-order valence-corrected chi connectivity index (χ3v) is 2.30. The summed E-state index contributed by atoms with van der Waals surface area (Å²) in [6.07, 6.45) is 0. The van der Waals surface area contributed by atoms with Gasteiger partial charge in [0.2, 0.25) is 5.91 Å². The Hall–Kier alpha value is -0.790. The predicted octanol–water partition coefficient (Wildman–Crippen LogP) is 1.72. The lowest BCUT2D eigenvalue weighted by Crippen LogP contribution is -2.19. The van der Waals surface area contributed by atoms with Gasteiger partial charge in [0.05, 0.1) is 0 Å². The molecule has 1 aliphatic rings. The van der Waals surface area contributed by atoms with Crippen LogP contribution >= 0.6 is 0 Å². The molecule has 0 bridgehead atoms. The maximum absolute atomic E-state index is 11.4. The molecule has 12 heavy (non-hydrogen) atoms. The standard InChI is InChI=1S/C10H17NO/c1-6(2)8-5-11-10(12)9(8)7(3)4/h6-7H,5H2,1-4H3,(H,11,12). The van der Waals surface area contributed by atoms with Gasteiger partial charge in [-0.25, -0.2) is 0 Å².